The molecule has 8 nitrogen and oxygen atoms in total. The molecule has 0 heterocycles. The molecule has 0 saturated heterocycles. The van der Waals surface area contributed by atoms with Gasteiger partial charge in [0.05, 0.1) is 11.5 Å². The van der Waals surface area contributed by atoms with E-state index in [1.54, 1.807) is 49.4 Å². The smallest absolute Gasteiger partial charge is 0.348 e. The Morgan fingerprint density at radius 1 is 1.14 bits per heavy atom. The van der Waals surface area contributed by atoms with Crippen molar-refractivity contribution in [3.63, 3.8) is 0 Å². The standard InChI is InChI=1S/C21H17N3O5/c1-2-29-21(26)17(14-22)13-16-3-8-18(9-4-16)23-20(25)12-7-15-5-10-19(11-6-15)24(27)28/h3-13H,2H2,1H3,(H,23,25)/b12-7-,17-13-. The first kappa shape index (κ1) is 21.1. The highest BCUT2D eigenvalue weighted by molar-refractivity contribution is 6.02. The number of anilines is 1. The number of amides is 1. The zero-order valence-electron chi connectivity index (χ0n) is 15.5. The van der Waals surface area contributed by atoms with Gasteiger partial charge < -0.3 is 10.1 Å². The molecule has 1 N–H and O–H groups in total. The lowest BCUT2D eigenvalue weighted by Gasteiger charge is -2.03. The van der Waals surface area contributed by atoms with Gasteiger partial charge in [0.15, 0.2) is 0 Å². The molecule has 0 bridgehead atoms. The Balaban J connectivity index is 2.00. The van der Waals surface area contributed by atoms with Crippen LogP contribution in [0.25, 0.3) is 12.2 Å². The van der Waals surface area contributed by atoms with Crippen molar-refractivity contribution in [3.8, 4) is 6.07 Å². The van der Waals surface area contributed by atoms with Crippen LogP contribution in [0.3, 0.4) is 0 Å². The molecule has 0 spiro atoms. The van der Waals surface area contributed by atoms with E-state index < -0.39 is 10.9 Å². The first-order chi connectivity index (χ1) is 13.9. The van der Waals surface area contributed by atoms with E-state index in [1.807, 2.05) is 0 Å². The van der Waals surface area contributed by atoms with Gasteiger partial charge in [-0.3, -0.25) is 14.9 Å². The maximum Gasteiger partial charge on any atom is 0.348 e. The second-order valence-corrected chi connectivity index (χ2v) is 5.68. The molecule has 29 heavy (non-hydrogen) atoms. The summed E-state index contributed by atoms with van der Waals surface area (Å²) in [7, 11) is 0. The third-order valence-corrected chi connectivity index (χ3v) is 3.64. The fraction of sp³-hybridized carbons (Fsp3) is 0.0952. The molecular formula is C21H17N3O5. The lowest BCUT2D eigenvalue weighted by atomic mass is 10.1. The number of carbonyl (C=O) groups excluding carboxylic acids is 2. The summed E-state index contributed by atoms with van der Waals surface area (Å²) < 4.78 is 4.80. The van der Waals surface area contributed by atoms with Crippen molar-refractivity contribution in [1.29, 1.82) is 5.26 Å². The summed E-state index contributed by atoms with van der Waals surface area (Å²) in [4.78, 5) is 33.8. The van der Waals surface area contributed by atoms with Crippen LogP contribution in [-0.4, -0.2) is 23.4 Å². The summed E-state index contributed by atoms with van der Waals surface area (Å²) in [6, 6.07) is 14.1. The molecule has 0 saturated carbocycles. The summed E-state index contributed by atoms with van der Waals surface area (Å²) in [5.74, 6) is -1.07. The van der Waals surface area contributed by atoms with E-state index in [2.05, 4.69) is 5.32 Å². The van der Waals surface area contributed by atoms with Crippen molar-refractivity contribution in [1.82, 2.24) is 0 Å². The maximum absolute atomic E-state index is 12.0. The number of carbonyl (C=O) groups is 2. The minimum atomic E-state index is -0.691. The number of nitrogens with zero attached hydrogens (tertiary/aromatic N) is 2. The summed E-state index contributed by atoms with van der Waals surface area (Å²) in [5, 5.41) is 22.3. The van der Waals surface area contributed by atoms with Gasteiger partial charge in [-0.25, -0.2) is 4.79 Å². The van der Waals surface area contributed by atoms with Crippen LogP contribution in [0.1, 0.15) is 18.1 Å². The lowest BCUT2D eigenvalue weighted by molar-refractivity contribution is -0.384. The Morgan fingerprint density at radius 2 is 1.76 bits per heavy atom. The van der Waals surface area contributed by atoms with Gasteiger partial charge in [0, 0.05) is 23.9 Å². The van der Waals surface area contributed by atoms with Crippen molar-refractivity contribution in [3.05, 3.63) is 81.4 Å². The van der Waals surface area contributed by atoms with E-state index in [0.717, 1.165) is 0 Å². The number of esters is 1. The van der Waals surface area contributed by atoms with Crippen molar-refractivity contribution in [2.24, 2.45) is 0 Å². The van der Waals surface area contributed by atoms with Crippen LogP contribution in [0, 0.1) is 21.4 Å². The van der Waals surface area contributed by atoms with E-state index in [4.69, 9.17) is 10.00 Å². The molecule has 0 aliphatic heterocycles. The summed E-state index contributed by atoms with van der Waals surface area (Å²) in [6.07, 6.45) is 4.25. The van der Waals surface area contributed by atoms with Gasteiger partial charge in [-0.05, 0) is 54.5 Å². The van der Waals surface area contributed by atoms with Gasteiger partial charge in [0.2, 0.25) is 5.91 Å². The van der Waals surface area contributed by atoms with Crippen LogP contribution in [0.5, 0.6) is 0 Å². The molecule has 0 atom stereocenters. The van der Waals surface area contributed by atoms with E-state index in [9.17, 15) is 19.7 Å². The molecule has 146 valence electrons. The first-order valence-corrected chi connectivity index (χ1v) is 8.55. The number of nitrogens with one attached hydrogen (secondary N) is 1. The van der Waals surface area contributed by atoms with Gasteiger partial charge in [-0.1, -0.05) is 12.1 Å². The van der Waals surface area contributed by atoms with E-state index in [1.165, 1.54) is 30.4 Å². The molecule has 0 aromatic heterocycles. The van der Waals surface area contributed by atoms with Gasteiger partial charge in [-0.2, -0.15) is 5.26 Å². The van der Waals surface area contributed by atoms with Crippen LogP contribution >= 0.6 is 0 Å². The predicted octanol–water partition coefficient (Wildman–Crippen LogP) is 3.72. The van der Waals surface area contributed by atoms with Gasteiger partial charge in [0.1, 0.15) is 11.6 Å². The van der Waals surface area contributed by atoms with E-state index >= 15 is 0 Å². The number of nitro benzene ring substituents is 1. The number of rotatable bonds is 7. The second-order valence-electron chi connectivity index (χ2n) is 5.68. The molecule has 0 aliphatic rings. The lowest BCUT2D eigenvalue weighted by Crippen LogP contribution is -2.07. The first-order valence-electron chi connectivity index (χ1n) is 8.55. The molecular weight excluding hydrogens is 374 g/mol. The monoisotopic (exact) mass is 391 g/mol. The number of ether oxygens (including phenoxy) is 1. The molecule has 0 aliphatic carbocycles. The Hall–Kier alpha value is -4.25. The SMILES string of the molecule is CCOC(=O)/C(C#N)=C\c1ccc(NC(=O)/C=C\c2ccc([N+](=O)[O-])cc2)cc1. The number of nitro groups is 1. The van der Waals surface area contributed by atoms with Crippen LogP contribution < -0.4 is 5.32 Å². The van der Waals surface area contributed by atoms with Gasteiger partial charge in [-0.15, -0.1) is 0 Å². The van der Waals surface area contributed by atoms with Gasteiger partial charge in [0.25, 0.3) is 5.69 Å². The van der Waals surface area contributed by atoms with Crippen molar-refractivity contribution >= 4 is 35.4 Å². The molecule has 2 aromatic carbocycles. The van der Waals surface area contributed by atoms with Crippen LogP contribution in [0.4, 0.5) is 11.4 Å². The summed E-state index contributed by atoms with van der Waals surface area (Å²) in [6.45, 7) is 1.83. The minimum absolute atomic E-state index is 0.0248. The molecule has 0 fully saturated rings. The minimum Gasteiger partial charge on any atom is -0.462 e. The number of hydrogen-bond donors (Lipinski definition) is 1. The fourth-order valence-electron chi connectivity index (χ4n) is 2.24. The third-order valence-electron chi connectivity index (χ3n) is 3.64. The number of nitriles is 1. The number of hydrogen-bond acceptors (Lipinski definition) is 6. The van der Waals surface area contributed by atoms with Gasteiger partial charge >= 0.3 is 5.97 Å². The average molecular weight is 391 g/mol. The number of non-ortho nitro benzene ring substituents is 1. The Bertz CT molecular complexity index is 1000. The summed E-state index contributed by atoms with van der Waals surface area (Å²) >= 11 is 0. The van der Waals surface area contributed by atoms with E-state index in [0.29, 0.717) is 16.8 Å². The fourth-order valence-corrected chi connectivity index (χ4v) is 2.24. The Morgan fingerprint density at radius 3 is 2.31 bits per heavy atom. The summed E-state index contributed by atoms with van der Waals surface area (Å²) in [5.41, 5.74) is 1.64. The van der Waals surface area contributed by atoms with Crippen molar-refractivity contribution in [2.75, 3.05) is 11.9 Å². The predicted molar refractivity (Wildman–Crippen MR) is 107 cm³/mol. The molecule has 8 heteroatoms. The molecule has 1 amide bonds. The van der Waals surface area contributed by atoms with Crippen molar-refractivity contribution < 1.29 is 19.2 Å². The van der Waals surface area contributed by atoms with Crippen molar-refractivity contribution in [2.45, 2.75) is 6.92 Å². The third kappa shape index (κ3) is 6.45. The topological polar surface area (TPSA) is 122 Å². The zero-order valence-corrected chi connectivity index (χ0v) is 15.5. The quantitative estimate of drug-likeness (QED) is 0.252. The van der Waals surface area contributed by atoms with E-state index in [-0.39, 0.29) is 23.8 Å². The second kappa shape index (κ2) is 10.2. The Labute approximate surface area is 166 Å². The highest BCUT2D eigenvalue weighted by Crippen LogP contribution is 2.15. The molecule has 0 radical (unpaired) electrons. The zero-order chi connectivity index (χ0) is 21.2. The largest absolute Gasteiger partial charge is 0.462 e. The number of benzene rings is 2. The molecule has 2 aromatic rings. The average Bonchev–Trinajstić information content (AvgIpc) is 2.72. The molecule has 0 unspecified atom stereocenters. The van der Waals surface area contributed by atoms with Crippen LogP contribution in [0.2, 0.25) is 0 Å². The Kier molecular flexibility index (Phi) is 7.39. The normalized spacial score (nSPS) is 11.0. The maximum atomic E-state index is 12.0. The highest BCUT2D eigenvalue weighted by Gasteiger charge is 2.09. The van der Waals surface area contributed by atoms with Crippen LogP contribution in [-0.2, 0) is 14.3 Å². The van der Waals surface area contributed by atoms with Crippen LogP contribution in [0.15, 0.2) is 60.2 Å². The highest BCUT2D eigenvalue weighted by atomic mass is 16.6. The molecule has 2 rings (SSSR count).